The number of methoxy groups -OCH3 is 1. The highest BCUT2D eigenvalue weighted by atomic mass is 16.6. The van der Waals surface area contributed by atoms with Crippen LogP contribution in [-0.4, -0.2) is 50.5 Å². The van der Waals surface area contributed by atoms with Gasteiger partial charge in [0, 0.05) is 13.1 Å². The molecule has 0 unspecified atom stereocenters. The molecule has 82 valence electrons. The fourth-order valence-electron chi connectivity index (χ4n) is 0.665. The maximum Gasteiger partial charge on any atom is 0.344 e. The summed E-state index contributed by atoms with van der Waals surface area (Å²) in [5, 5.41) is 11.2. The Kier molecular flexibility index (Phi) is 7.77. The van der Waals surface area contributed by atoms with Crippen LogP contribution in [0.1, 0.15) is 6.42 Å². The lowest BCUT2D eigenvalue weighted by atomic mass is 10.4. The Morgan fingerprint density at radius 2 is 2.00 bits per heavy atom. The minimum Gasteiger partial charge on any atom is -0.466 e. The second-order valence-electron chi connectivity index (χ2n) is 2.46. The number of hydrogen-bond acceptors (Lipinski definition) is 6. The molecule has 0 aliphatic rings. The quantitative estimate of drug-likeness (QED) is 0.396. The smallest absolute Gasteiger partial charge is 0.344 e. The molecule has 0 atom stereocenters. The average Bonchev–Trinajstić information content (AvgIpc) is 2.21. The Labute approximate surface area is 82.2 Å². The zero-order valence-electron chi connectivity index (χ0n) is 8.12. The summed E-state index contributed by atoms with van der Waals surface area (Å²) >= 11 is 0. The summed E-state index contributed by atoms with van der Waals surface area (Å²) in [7, 11) is 1.22. The van der Waals surface area contributed by atoms with E-state index in [0.717, 1.165) is 0 Å². The molecule has 0 aromatic carbocycles. The third-order valence-electron chi connectivity index (χ3n) is 1.37. The van der Waals surface area contributed by atoms with Crippen molar-refractivity contribution in [3.05, 3.63) is 0 Å². The first kappa shape index (κ1) is 12.9. The highest BCUT2D eigenvalue weighted by Gasteiger charge is 2.06. The minimum absolute atomic E-state index is 0.0250. The summed E-state index contributed by atoms with van der Waals surface area (Å²) in [5.41, 5.74) is 0. The predicted octanol–water partition coefficient (Wildman–Crippen LogP) is -1.33. The second kappa shape index (κ2) is 8.46. The molecule has 0 fully saturated rings. The van der Waals surface area contributed by atoms with Crippen LogP contribution in [0.2, 0.25) is 0 Å². The van der Waals surface area contributed by atoms with Crippen LogP contribution in [0.4, 0.5) is 0 Å². The summed E-state index contributed by atoms with van der Waals surface area (Å²) in [6.45, 7) is 0.525. The molecule has 0 spiro atoms. The summed E-state index contributed by atoms with van der Waals surface area (Å²) in [4.78, 5) is 21.4. The summed E-state index contributed by atoms with van der Waals surface area (Å²) in [6.07, 6.45) is 0.164. The summed E-state index contributed by atoms with van der Waals surface area (Å²) in [6, 6.07) is 0. The molecule has 0 heterocycles. The summed E-state index contributed by atoms with van der Waals surface area (Å²) in [5.74, 6) is -1.05. The largest absolute Gasteiger partial charge is 0.466 e. The number of hydrogen-bond donors (Lipinski definition) is 2. The summed E-state index contributed by atoms with van der Waals surface area (Å²) < 4.78 is 8.84. The third kappa shape index (κ3) is 7.51. The van der Waals surface area contributed by atoms with Gasteiger partial charge in [0.1, 0.15) is 0 Å². The number of carbonyl (C=O) groups is 2. The van der Waals surface area contributed by atoms with Crippen molar-refractivity contribution in [2.45, 2.75) is 6.42 Å². The highest BCUT2D eigenvalue weighted by Crippen LogP contribution is 1.86. The van der Waals surface area contributed by atoms with Crippen molar-refractivity contribution in [2.75, 3.05) is 33.4 Å². The van der Waals surface area contributed by atoms with E-state index in [2.05, 4.69) is 14.8 Å². The van der Waals surface area contributed by atoms with E-state index < -0.39 is 11.9 Å². The molecule has 6 nitrogen and oxygen atoms in total. The molecule has 0 amide bonds. The molecule has 0 saturated carbocycles. The van der Waals surface area contributed by atoms with Crippen molar-refractivity contribution >= 4 is 11.9 Å². The van der Waals surface area contributed by atoms with Crippen LogP contribution >= 0.6 is 0 Å². The van der Waals surface area contributed by atoms with Crippen LogP contribution in [0.3, 0.4) is 0 Å². The highest BCUT2D eigenvalue weighted by molar-refractivity contribution is 5.76. The van der Waals surface area contributed by atoms with Gasteiger partial charge in [0.25, 0.3) is 0 Å². The average molecular weight is 205 g/mol. The van der Waals surface area contributed by atoms with E-state index in [9.17, 15) is 9.59 Å². The fourth-order valence-corrected chi connectivity index (χ4v) is 0.665. The topological polar surface area (TPSA) is 84.9 Å². The number of ether oxygens (including phenoxy) is 2. The van der Waals surface area contributed by atoms with E-state index in [0.29, 0.717) is 13.1 Å². The van der Waals surface area contributed by atoms with Gasteiger partial charge in [-0.25, -0.2) is 4.79 Å². The van der Waals surface area contributed by atoms with E-state index in [1.165, 1.54) is 7.11 Å². The maximum atomic E-state index is 10.9. The molecule has 0 aromatic heterocycles. The van der Waals surface area contributed by atoms with Gasteiger partial charge < -0.3 is 19.9 Å². The maximum absolute atomic E-state index is 10.9. The van der Waals surface area contributed by atoms with Gasteiger partial charge in [0.05, 0.1) is 20.1 Å². The lowest BCUT2D eigenvalue weighted by molar-refractivity contribution is -0.156. The molecule has 0 saturated heterocycles. The monoisotopic (exact) mass is 205 g/mol. The number of esters is 2. The van der Waals surface area contributed by atoms with E-state index >= 15 is 0 Å². The number of aliphatic hydroxyl groups is 1. The van der Waals surface area contributed by atoms with Crippen molar-refractivity contribution in [1.29, 1.82) is 0 Å². The zero-order valence-corrected chi connectivity index (χ0v) is 8.12. The van der Waals surface area contributed by atoms with Crippen LogP contribution in [0.25, 0.3) is 0 Å². The van der Waals surface area contributed by atoms with Crippen molar-refractivity contribution in [3.8, 4) is 0 Å². The predicted molar refractivity (Wildman–Crippen MR) is 47.5 cm³/mol. The number of aliphatic hydroxyl groups excluding tert-OH is 1. The van der Waals surface area contributed by atoms with Crippen LogP contribution in [0, 0.1) is 0 Å². The van der Waals surface area contributed by atoms with Gasteiger partial charge in [-0.3, -0.25) is 4.79 Å². The van der Waals surface area contributed by atoms with E-state index in [-0.39, 0.29) is 19.6 Å². The minimum atomic E-state index is -0.582. The van der Waals surface area contributed by atoms with Crippen molar-refractivity contribution in [3.63, 3.8) is 0 Å². The van der Waals surface area contributed by atoms with Crippen LogP contribution in [0.5, 0.6) is 0 Å². The molecule has 2 N–H and O–H groups in total. The molecule has 0 bridgehead atoms. The standard InChI is InChI=1S/C8H15NO5/c1-13-8(12)6-14-7(11)2-3-9-4-5-10/h9-10H,2-6H2,1H3. The zero-order chi connectivity index (χ0) is 10.8. The number of rotatable bonds is 7. The number of nitrogens with one attached hydrogen (secondary N) is 1. The first-order valence-electron chi connectivity index (χ1n) is 4.24. The van der Waals surface area contributed by atoms with Crippen molar-refractivity contribution in [1.82, 2.24) is 5.32 Å². The van der Waals surface area contributed by atoms with E-state index in [1.807, 2.05) is 0 Å². The third-order valence-corrected chi connectivity index (χ3v) is 1.37. The first-order chi connectivity index (χ1) is 6.70. The van der Waals surface area contributed by atoms with Gasteiger partial charge in [-0.2, -0.15) is 0 Å². The fraction of sp³-hybridized carbons (Fsp3) is 0.750. The molecule has 0 rings (SSSR count). The SMILES string of the molecule is COC(=O)COC(=O)CCNCCO. The molecule has 14 heavy (non-hydrogen) atoms. The normalized spacial score (nSPS) is 9.57. The Balaban J connectivity index is 3.32. The Morgan fingerprint density at radius 3 is 2.57 bits per heavy atom. The van der Waals surface area contributed by atoms with Gasteiger partial charge in [-0.1, -0.05) is 0 Å². The molecular weight excluding hydrogens is 190 g/mol. The molecule has 0 aliphatic heterocycles. The second-order valence-corrected chi connectivity index (χ2v) is 2.46. The Bertz CT molecular complexity index is 183. The molecule has 0 aromatic rings. The van der Waals surface area contributed by atoms with Crippen LogP contribution in [-0.2, 0) is 19.1 Å². The first-order valence-corrected chi connectivity index (χ1v) is 4.24. The van der Waals surface area contributed by atoms with Gasteiger partial charge in [0.2, 0.25) is 0 Å². The van der Waals surface area contributed by atoms with Crippen LogP contribution < -0.4 is 5.32 Å². The van der Waals surface area contributed by atoms with Crippen molar-refractivity contribution in [2.24, 2.45) is 0 Å². The van der Waals surface area contributed by atoms with Gasteiger partial charge in [-0.15, -0.1) is 0 Å². The molecule has 6 heteroatoms. The van der Waals surface area contributed by atoms with Crippen LogP contribution in [0.15, 0.2) is 0 Å². The number of carbonyl (C=O) groups excluding carboxylic acids is 2. The molecule has 0 radical (unpaired) electrons. The van der Waals surface area contributed by atoms with Gasteiger partial charge in [-0.05, 0) is 0 Å². The van der Waals surface area contributed by atoms with Crippen molar-refractivity contribution < 1.29 is 24.2 Å². The van der Waals surface area contributed by atoms with E-state index in [1.54, 1.807) is 0 Å². The Hall–Kier alpha value is -1.14. The molecule has 0 aliphatic carbocycles. The lowest BCUT2D eigenvalue weighted by Crippen LogP contribution is -2.23. The van der Waals surface area contributed by atoms with Gasteiger partial charge >= 0.3 is 11.9 Å². The van der Waals surface area contributed by atoms with Gasteiger partial charge in [0.15, 0.2) is 6.61 Å². The van der Waals surface area contributed by atoms with E-state index in [4.69, 9.17) is 5.11 Å². The Morgan fingerprint density at radius 1 is 1.29 bits per heavy atom. The lowest BCUT2D eigenvalue weighted by Gasteiger charge is -2.03. The molecular formula is C8H15NO5.